The van der Waals surface area contributed by atoms with Gasteiger partial charge in [0.15, 0.2) is 0 Å². The van der Waals surface area contributed by atoms with Crippen molar-refractivity contribution in [3.63, 3.8) is 0 Å². The molecule has 0 fully saturated rings. The van der Waals surface area contributed by atoms with Crippen molar-refractivity contribution in [2.75, 3.05) is 25.0 Å². The van der Waals surface area contributed by atoms with Gasteiger partial charge in [0.25, 0.3) is 5.91 Å². The number of amides is 1. The second-order valence-electron chi connectivity index (χ2n) is 3.74. The Morgan fingerprint density at radius 2 is 1.95 bits per heavy atom. The molecule has 102 valence electrons. The van der Waals surface area contributed by atoms with Gasteiger partial charge in [-0.15, -0.1) is 0 Å². The summed E-state index contributed by atoms with van der Waals surface area (Å²) in [5.41, 5.74) is 6.66. The quantitative estimate of drug-likeness (QED) is 0.534. The van der Waals surface area contributed by atoms with Gasteiger partial charge in [0.05, 0.1) is 0 Å². The fourth-order valence-electron chi connectivity index (χ4n) is 1.36. The second kappa shape index (κ2) is 7.88. The predicted molar refractivity (Wildman–Crippen MR) is 73.1 cm³/mol. The highest BCUT2D eigenvalue weighted by Crippen LogP contribution is 2.09. The summed E-state index contributed by atoms with van der Waals surface area (Å²) in [5.74, 6) is -1.14. The number of carbonyl (C=O) groups excluding carboxylic acids is 1. The maximum Gasteiger partial charge on any atom is 0.328 e. The summed E-state index contributed by atoms with van der Waals surface area (Å²) < 4.78 is 0. The highest BCUT2D eigenvalue weighted by atomic mass is 16.4. The van der Waals surface area contributed by atoms with Crippen LogP contribution in [0.1, 0.15) is 10.4 Å². The van der Waals surface area contributed by atoms with Crippen LogP contribution in [0.25, 0.3) is 0 Å². The highest BCUT2D eigenvalue weighted by Gasteiger charge is 2.03. The number of hydrogen-bond acceptors (Lipinski definition) is 4. The number of benzene rings is 1. The Hall–Kier alpha value is -2.34. The van der Waals surface area contributed by atoms with Crippen LogP contribution in [0.2, 0.25) is 0 Å². The number of hydrogen-bond donors (Lipinski definition) is 4. The molecule has 0 unspecified atom stereocenters. The lowest BCUT2D eigenvalue weighted by Crippen LogP contribution is -2.28. The van der Waals surface area contributed by atoms with E-state index in [0.717, 1.165) is 11.8 Å². The molecule has 1 amide bonds. The molecule has 1 aromatic carbocycles. The van der Waals surface area contributed by atoms with Crippen molar-refractivity contribution in [1.29, 1.82) is 0 Å². The monoisotopic (exact) mass is 263 g/mol. The second-order valence-corrected chi connectivity index (χ2v) is 3.74. The van der Waals surface area contributed by atoms with Crippen molar-refractivity contribution in [2.45, 2.75) is 0 Å². The van der Waals surface area contributed by atoms with Gasteiger partial charge in [0.2, 0.25) is 0 Å². The van der Waals surface area contributed by atoms with Crippen LogP contribution in [0.4, 0.5) is 5.69 Å². The molecule has 1 rings (SSSR count). The predicted octanol–water partition coefficient (Wildman–Crippen LogP) is 0.428. The Labute approximate surface area is 111 Å². The van der Waals surface area contributed by atoms with Crippen molar-refractivity contribution in [2.24, 2.45) is 5.73 Å². The van der Waals surface area contributed by atoms with Crippen LogP contribution < -0.4 is 16.4 Å². The molecule has 0 aliphatic carbocycles. The topological polar surface area (TPSA) is 104 Å². The van der Waals surface area contributed by atoms with Gasteiger partial charge >= 0.3 is 5.97 Å². The molecule has 1 aromatic rings. The van der Waals surface area contributed by atoms with E-state index in [2.05, 4.69) is 10.6 Å². The number of carboxylic acids is 1. The van der Waals surface area contributed by atoms with Crippen LogP contribution in [-0.2, 0) is 4.79 Å². The van der Waals surface area contributed by atoms with Gasteiger partial charge in [-0.2, -0.15) is 0 Å². The third-order valence-electron chi connectivity index (χ3n) is 2.26. The number of aliphatic carboxylic acids is 1. The van der Waals surface area contributed by atoms with E-state index in [1.165, 1.54) is 6.08 Å². The first-order chi connectivity index (χ1) is 9.13. The minimum absolute atomic E-state index is 0.164. The van der Waals surface area contributed by atoms with Gasteiger partial charge in [0, 0.05) is 37.0 Å². The molecule has 0 saturated carbocycles. The fraction of sp³-hybridized carbons (Fsp3) is 0.231. The van der Waals surface area contributed by atoms with Crippen LogP contribution in [0, 0.1) is 0 Å². The molecule has 0 atom stereocenters. The van der Waals surface area contributed by atoms with E-state index >= 15 is 0 Å². The zero-order valence-electron chi connectivity index (χ0n) is 10.4. The molecule has 0 aliphatic heterocycles. The van der Waals surface area contributed by atoms with Crippen molar-refractivity contribution in [1.82, 2.24) is 5.32 Å². The maximum atomic E-state index is 11.6. The first kappa shape index (κ1) is 14.7. The van der Waals surface area contributed by atoms with Crippen molar-refractivity contribution in [3.8, 4) is 0 Å². The number of nitrogens with one attached hydrogen (secondary N) is 2. The van der Waals surface area contributed by atoms with Gasteiger partial charge in [0.1, 0.15) is 0 Å². The largest absolute Gasteiger partial charge is 0.478 e. The molecule has 0 aliphatic rings. The van der Waals surface area contributed by atoms with Gasteiger partial charge in [-0.25, -0.2) is 4.79 Å². The third-order valence-corrected chi connectivity index (χ3v) is 2.26. The van der Waals surface area contributed by atoms with Gasteiger partial charge in [-0.05, 0) is 24.3 Å². The van der Waals surface area contributed by atoms with E-state index in [4.69, 9.17) is 10.8 Å². The lowest BCUT2D eigenvalue weighted by atomic mass is 10.2. The minimum Gasteiger partial charge on any atom is -0.478 e. The number of anilines is 1. The summed E-state index contributed by atoms with van der Waals surface area (Å²) in [6, 6.07) is 6.89. The average molecular weight is 263 g/mol. The molecule has 5 N–H and O–H groups in total. The molecule has 6 heteroatoms. The summed E-state index contributed by atoms with van der Waals surface area (Å²) in [7, 11) is 0. The molecule has 0 radical (unpaired) electrons. The minimum atomic E-state index is -0.978. The Bertz CT molecular complexity index is 455. The number of nitrogens with two attached hydrogens (primary N) is 1. The summed E-state index contributed by atoms with van der Waals surface area (Å²) in [6.07, 6.45) is 2.58. The summed E-state index contributed by atoms with van der Waals surface area (Å²) in [6.45, 7) is 1.26. The summed E-state index contributed by atoms with van der Waals surface area (Å²) in [5, 5.41) is 14.1. The Morgan fingerprint density at radius 1 is 1.26 bits per heavy atom. The zero-order chi connectivity index (χ0) is 14.1. The van der Waals surface area contributed by atoms with Crippen LogP contribution in [0.15, 0.2) is 36.4 Å². The van der Waals surface area contributed by atoms with Crippen molar-refractivity contribution in [3.05, 3.63) is 42.0 Å². The first-order valence-electron chi connectivity index (χ1n) is 5.85. The normalized spacial score (nSPS) is 10.4. The number of carboxylic acid groups (broad SMARTS) is 1. The smallest absolute Gasteiger partial charge is 0.328 e. The lowest BCUT2D eigenvalue weighted by molar-refractivity contribution is -0.131. The van der Waals surface area contributed by atoms with E-state index in [9.17, 15) is 9.59 Å². The lowest BCUT2D eigenvalue weighted by Gasteiger charge is -2.06. The van der Waals surface area contributed by atoms with Crippen LogP contribution in [-0.4, -0.2) is 36.6 Å². The Morgan fingerprint density at radius 3 is 2.53 bits per heavy atom. The van der Waals surface area contributed by atoms with E-state index in [0.29, 0.717) is 25.2 Å². The third kappa shape index (κ3) is 5.69. The number of carbonyl (C=O) groups is 2. The standard InChI is InChI=1S/C13H17N3O3/c14-7-9-16-13(19)10-3-5-11(6-4-10)15-8-1-2-12(17)18/h1-6,15H,7-9,14H2,(H,16,19)(H,17,18). The molecule has 0 heterocycles. The van der Waals surface area contributed by atoms with E-state index < -0.39 is 5.97 Å². The zero-order valence-corrected chi connectivity index (χ0v) is 10.4. The Kier molecular flexibility index (Phi) is 6.11. The van der Waals surface area contributed by atoms with E-state index in [-0.39, 0.29) is 5.91 Å². The SMILES string of the molecule is NCCNC(=O)c1ccc(NCC=CC(=O)O)cc1. The molecule has 19 heavy (non-hydrogen) atoms. The fourth-order valence-corrected chi connectivity index (χ4v) is 1.36. The summed E-state index contributed by atoms with van der Waals surface area (Å²) >= 11 is 0. The molecule has 0 bridgehead atoms. The maximum absolute atomic E-state index is 11.6. The Balaban J connectivity index is 2.47. The van der Waals surface area contributed by atoms with E-state index in [1.54, 1.807) is 24.3 Å². The van der Waals surface area contributed by atoms with E-state index in [1.807, 2.05) is 0 Å². The highest BCUT2D eigenvalue weighted by molar-refractivity contribution is 5.94. The van der Waals surface area contributed by atoms with Crippen LogP contribution in [0.5, 0.6) is 0 Å². The first-order valence-corrected chi connectivity index (χ1v) is 5.85. The molecule has 0 aromatic heterocycles. The number of rotatable bonds is 7. The molecule has 0 saturated heterocycles. The average Bonchev–Trinajstić information content (AvgIpc) is 2.41. The van der Waals surface area contributed by atoms with Gasteiger partial charge < -0.3 is 21.5 Å². The van der Waals surface area contributed by atoms with Crippen molar-refractivity contribution < 1.29 is 14.7 Å². The van der Waals surface area contributed by atoms with Crippen LogP contribution in [0.3, 0.4) is 0 Å². The molecular weight excluding hydrogens is 246 g/mol. The molecule has 6 nitrogen and oxygen atoms in total. The van der Waals surface area contributed by atoms with Crippen molar-refractivity contribution >= 4 is 17.6 Å². The molecular formula is C13H17N3O3. The molecule has 0 spiro atoms. The summed E-state index contributed by atoms with van der Waals surface area (Å²) in [4.78, 5) is 21.8. The van der Waals surface area contributed by atoms with Gasteiger partial charge in [-0.1, -0.05) is 6.08 Å². The van der Waals surface area contributed by atoms with Gasteiger partial charge in [-0.3, -0.25) is 4.79 Å². The van der Waals surface area contributed by atoms with Crippen LogP contribution >= 0.6 is 0 Å².